The molecule has 0 radical (unpaired) electrons. The summed E-state index contributed by atoms with van der Waals surface area (Å²) in [6, 6.07) is 9.39. The van der Waals surface area contributed by atoms with E-state index in [2.05, 4.69) is 0 Å². The van der Waals surface area contributed by atoms with Gasteiger partial charge in [0.15, 0.2) is 0 Å². The molecule has 1 heterocycles. The van der Waals surface area contributed by atoms with E-state index >= 15 is 0 Å². The number of amides is 2. The molecule has 1 aromatic carbocycles. The van der Waals surface area contributed by atoms with Crippen molar-refractivity contribution in [1.29, 1.82) is 0 Å². The minimum absolute atomic E-state index is 0.0268. The van der Waals surface area contributed by atoms with Crippen LogP contribution < -0.4 is 0 Å². The SMILES string of the molecule is CN(C)C(=O)C1CCCN1C(=O)Cc1ccccc1. The Balaban J connectivity index is 2.04. The number of likely N-dealkylation sites (tertiary alicyclic amines) is 1. The second kappa shape index (κ2) is 5.87. The molecule has 4 nitrogen and oxygen atoms in total. The number of carbonyl (C=O) groups excluding carboxylic acids is 2. The smallest absolute Gasteiger partial charge is 0.244 e. The molecule has 0 spiro atoms. The molecule has 2 amide bonds. The van der Waals surface area contributed by atoms with Gasteiger partial charge in [-0.2, -0.15) is 0 Å². The first-order valence-electron chi connectivity index (χ1n) is 6.64. The zero-order chi connectivity index (χ0) is 13.8. The molecule has 102 valence electrons. The third-order valence-corrected chi connectivity index (χ3v) is 3.50. The molecule has 0 bridgehead atoms. The van der Waals surface area contributed by atoms with Gasteiger partial charge in [-0.1, -0.05) is 30.3 Å². The third kappa shape index (κ3) is 3.13. The van der Waals surface area contributed by atoms with Crippen molar-refractivity contribution >= 4 is 11.8 Å². The molecule has 4 heteroatoms. The van der Waals surface area contributed by atoms with E-state index in [0.717, 1.165) is 18.4 Å². The molecule has 0 aliphatic carbocycles. The lowest BCUT2D eigenvalue weighted by Crippen LogP contribution is -2.45. The molecule has 1 unspecified atom stereocenters. The summed E-state index contributed by atoms with van der Waals surface area (Å²) >= 11 is 0. The van der Waals surface area contributed by atoms with Crippen molar-refractivity contribution in [3.8, 4) is 0 Å². The maximum atomic E-state index is 12.3. The van der Waals surface area contributed by atoms with Crippen LogP contribution in [0, 0.1) is 0 Å². The number of nitrogens with zero attached hydrogens (tertiary/aromatic N) is 2. The molecule has 0 saturated carbocycles. The lowest BCUT2D eigenvalue weighted by Gasteiger charge is -2.26. The van der Waals surface area contributed by atoms with E-state index in [4.69, 9.17) is 0 Å². The minimum atomic E-state index is -0.272. The summed E-state index contributed by atoms with van der Waals surface area (Å²) in [4.78, 5) is 27.7. The fourth-order valence-electron chi connectivity index (χ4n) is 2.49. The molecular formula is C15H20N2O2. The second-order valence-electron chi connectivity index (χ2n) is 5.14. The number of likely N-dealkylation sites (N-methyl/N-ethyl adjacent to an activating group) is 1. The van der Waals surface area contributed by atoms with Crippen molar-refractivity contribution in [2.75, 3.05) is 20.6 Å². The zero-order valence-electron chi connectivity index (χ0n) is 11.5. The maximum absolute atomic E-state index is 12.3. The topological polar surface area (TPSA) is 40.6 Å². The summed E-state index contributed by atoms with van der Waals surface area (Å²) in [6.45, 7) is 0.690. The van der Waals surface area contributed by atoms with E-state index in [1.807, 2.05) is 30.3 Å². The van der Waals surface area contributed by atoms with Gasteiger partial charge in [-0.25, -0.2) is 0 Å². The largest absolute Gasteiger partial charge is 0.347 e. The summed E-state index contributed by atoms with van der Waals surface area (Å²) in [7, 11) is 3.47. The Labute approximate surface area is 114 Å². The van der Waals surface area contributed by atoms with Crippen LogP contribution in [-0.4, -0.2) is 48.3 Å². The van der Waals surface area contributed by atoms with Gasteiger partial charge >= 0.3 is 0 Å². The first kappa shape index (κ1) is 13.6. The Kier molecular flexibility index (Phi) is 4.20. The number of benzene rings is 1. The number of carbonyl (C=O) groups is 2. The molecule has 1 atom stereocenters. The summed E-state index contributed by atoms with van der Waals surface area (Å²) in [5.74, 6) is 0.0720. The maximum Gasteiger partial charge on any atom is 0.244 e. The lowest BCUT2D eigenvalue weighted by molar-refractivity contribution is -0.141. The van der Waals surface area contributed by atoms with Gasteiger partial charge in [0.25, 0.3) is 0 Å². The number of hydrogen-bond acceptors (Lipinski definition) is 2. The molecule has 1 saturated heterocycles. The van der Waals surface area contributed by atoms with E-state index in [1.165, 1.54) is 0 Å². The predicted octanol–water partition coefficient (Wildman–Crippen LogP) is 1.31. The molecule has 19 heavy (non-hydrogen) atoms. The van der Waals surface area contributed by atoms with Crippen molar-refractivity contribution < 1.29 is 9.59 Å². The van der Waals surface area contributed by atoms with E-state index in [1.54, 1.807) is 23.9 Å². The Morgan fingerprint density at radius 2 is 1.95 bits per heavy atom. The average Bonchev–Trinajstić information content (AvgIpc) is 2.88. The quantitative estimate of drug-likeness (QED) is 0.822. The number of rotatable bonds is 3. The monoisotopic (exact) mass is 260 g/mol. The van der Waals surface area contributed by atoms with Crippen molar-refractivity contribution in [2.24, 2.45) is 0 Å². The van der Waals surface area contributed by atoms with Gasteiger partial charge in [0, 0.05) is 20.6 Å². The van der Waals surface area contributed by atoms with E-state index in [-0.39, 0.29) is 17.9 Å². The second-order valence-corrected chi connectivity index (χ2v) is 5.14. The Morgan fingerprint density at radius 3 is 2.58 bits per heavy atom. The van der Waals surface area contributed by atoms with Crippen LogP contribution in [0.25, 0.3) is 0 Å². The van der Waals surface area contributed by atoms with Crippen LogP contribution in [0.3, 0.4) is 0 Å². The van der Waals surface area contributed by atoms with Gasteiger partial charge in [-0.15, -0.1) is 0 Å². The molecular weight excluding hydrogens is 240 g/mol. The summed E-state index contributed by atoms with van der Waals surface area (Å²) < 4.78 is 0. The van der Waals surface area contributed by atoms with Gasteiger partial charge in [0.1, 0.15) is 6.04 Å². The van der Waals surface area contributed by atoms with Crippen molar-refractivity contribution in [3.05, 3.63) is 35.9 Å². The summed E-state index contributed by atoms with van der Waals surface area (Å²) in [5.41, 5.74) is 0.996. The normalized spacial score (nSPS) is 18.4. The van der Waals surface area contributed by atoms with Crippen molar-refractivity contribution in [3.63, 3.8) is 0 Å². The standard InChI is InChI=1S/C15H20N2O2/c1-16(2)15(19)13-9-6-10-17(13)14(18)11-12-7-4-3-5-8-12/h3-5,7-8,13H,6,9-11H2,1-2H3. The van der Waals surface area contributed by atoms with E-state index in [0.29, 0.717) is 13.0 Å². The Hall–Kier alpha value is -1.84. The van der Waals surface area contributed by atoms with Crippen LogP contribution in [0.15, 0.2) is 30.3 Å². The molecule has 2 rings (SSSR count). The highest BCUT2D eigenvalue weighted by atomic mass is 16.2. The number of hydrogen-bond donors (Lipinski definition) is 0. The fraction of sp³-hybridized carbons (Fsp3) is 0.467. The van der Waals surface area contributed by atoms with Crippen molar-refractivity contribution in [2.45, 2.75) is 25.3 Å². The van der Waals surface area contributed by atoms with E-state index < -0.39 is 0 Å². The van der Waals surface area contributed by atoms with Crippen molar-refractivity contribution in [1.82, 2.24) is 9.80 Å². The molecule has 1 aliphatic rings. The predicted molar refractivity (Wildman–Crippen MR) is 73.6 cm³/mol. The molecule has 1 fully saturated rings. The molecule has 0 N–H and O–H groups in total. The average molecular weight is 260 g/mol. The Morgan fingerprint density at radius 1 is 1.26 bits per heavy atom. The van der Waals surface area contributed by atoms with Crippen LogP contribution in [0.4, 0.5) is 0 Å². The van der Waals surface area contributed by atoms with Crippen LogP contribution >= 0.6 is 0 Å². The van der Waals surface area contributed by atoms with Crippen LogP contribution in [-0.2, 0) is 16.0 Å². The third-order valence-electron chi connectivity index (χ3n) is 3.50. The highest BCUT2D eigenvalue weighted by molar-refractivity contribution is 5.88. The molecule has 1 aliphatic heterocycles. The summed E-state index contributed by atoms with van der Waals surface area (Å²) in [6.07, 6.45) is 2.06. The molecule has 1 aromatic rings. The van der Waals surface area contributed by atoms with E-state index in [9.17, 15) is 9.59 Å². The fourth-order valence-corrected chi connectivity index (χ4v) is 2.49. The first-order chi connectivity index (χ1) is 9.09. The summed E-state index contributed by atoms with van der Waals surface area (Å²) in [5, 5.41) is 0. The van der Waals surface area contributed by atoms with Gasteiger partial charge in [0.2, 0.25) is 11.8 Å². The minimum Gasteiger partial charge on any atom is -0.347 e. The van der Waals surface area contributed by atoms with Crippen LogP contribution in [0.5, 0.6) is 0 Å². The first-order valence-corrected chi connectivity index (χ1v) is 6.64. The van der Waals surface area contributed by atoms with Gasteiger partial charge in [-0.3, -0.25) is 9.59 Å². The van der Waals surface area contributed by atoms with Crippen LogP contribution in [0.2, 0.25) is 0 Å². The Bertz CT molecular complexity index is 456. The van der Waals surface area contributed by atoms with Gasteiger partial charge in [-0.05, 0) is 18.4 Å². The highest BCUT2D eigenvalue weighted by Gasteiger charge is 2.34. The zero-order valence-corrected chi connectivity index (χ0v) is 11.5. The van der Waals surface area contributed by atoms with Crippen LogP contribution in [0.1, 0.15) is 18.4 Å². The van der Waals surface area contributed by atoms with Gasteiger partial charge < -0.3 is 9.80 Å². The lowest BCUT2D eigenvalue weighted by atomic mass is 10.1. The highest BCUT2D eigenvalue weighted by Crippen LogP contribution is 2.20. The molecule has 0 aromatic heterocycles. The van der Waals surface area contributed by atoms with Gasteiger partial charge in [0.05, 0.1) is 6.42 Å².